The van der Waals surface area contributed by atoms with Crippen molar-refractivity contribution in [1.82, 2.24) is 15.0 Å². The Balaban J connectivity index is 1.14. The summed E-state index contributed by atoms with van der Waals surface area (Å²) < 4.78 is 0. The summed E-state index contributed by atoms with van der Waals surface area (Å²) in [5.74, 6) is 1.97. The van der Waals surface area contributed by atoms with Gasteiger partial charge in [0.15, 0.2) is 17.5 Å². The molecule has 0 saturated heterocycles. The van der Waals surface area contributed by atoms with Crippen LogP contribution in [-0.4, -0.2) is 15.0 Å². The van der Waals surface area contributed by atoms with Crippen molar-refractivity contribution in [3.63, 3.8) is 0 Å². The van der Waals surface area contributed by atoms with Gasteiger partial charge in [-0.1, -0.05) is 153 Å². The fourth-order valence-corrected chi connectivity index (χ4v) is 7.37. The Hall–Kier alpha value is -6.19. The van der Waals surface area contributed by atoms with E-state index in [0.717, 1.165) is 27.8 Å². The fraction of sp³-hybridized carbons (Fsp3) is 0.0652. The van der Waals surface area contributed by atoms with Crippen LogP contribution in [0.2, 0.25) is 0 Å². The van der Waals surface area contributed by atoms with Crippen molar-refractivity contribution in [2.45, 2.75) is 19.3 Å². The summed E-state index contributed by atoms with van der Waals surface area (Å²) in [7, 11) is 0. The Kier molecular flexibility index (Phi) is 6.80. The van der Waals surface area contributed by atoms with Crippen LogP contribution >= 0.6 is 0 Å². The summed E-state index contributed by atoms with van der Waals surface area (Å²) in [6.45, 7) is 4.68. The first-order valence-corrected chi connectivity index (χ1v) is 16.8. The molecule has 0 unspecified atom stereocenters. The molecule has 0 atom stereocenters. The molecule has 0 amide bonds. The van der Waals surface area contributed by atoms with Gasteiger partial charge in [0.1, 0.15) is 0 Å². The van der Waals surface area contributed by atoms with Gasteiger partial charge < -0.3 is 0 Å². The van der Waals surface area contributed by atoms with Gasteiger partial charge in [0.25, 0.3) is 0 Å². The lowest BCUT2D eigenvalue weighted by Crippen LogP contribution is -2.14. The number of hydrogen-bond donors (Lipinski definition) is 0. The molecule has 1 aliphatic carbocycles. The standard InChI is InChI=1S/C46H33N3/c1-46(2)41-25-10-9-23-38(41)40-29-39-35(28-42(40)46)21-13-24-37(39)34-20-11-18-32(26-34)33-19-12-22-36(27-33)45-48-43(30-14-5-3-6-15-30)47-44(49-45)31-16-7-4-8-17-31/h3-29H,1-2H3. The lowest BCUT2D eigenvalue weighted by molar-refractivity contribution is 0.661. The summed E-state index contributed by atoms with van der Waals surface area (Å²) in [4.78, 5) is 14.8. The van der Waals surface area contributed by atoms with Crippen LogP contribution in [0.1, 0.15) is 25.0 Å². The summed E-state index contributed by atoms with van der Waals surface area (Å²) in [5.41, 5.74) is 13.0. The van der Waals surface area contributed by atoms with E-state index in [9.17, 15) is 0 Å². The topological polar surface area (TPSA) is 38.7 Å². The van der Waals surface area contributed by atoms with Crippen molar-refractivity contribution in [2.75, 3.05) is 0 Å². The molecule has 0 saturated carbocycles. The third-order valence-electron chi connectivity index (χ3n) is 9.91. The zero-order valence-electron chi connectivity index (χ0n) is 27.4. The van der Waals surface area contributed by atoms with Crippen LogP contribution in [0.5, 0.6) is 0 Å². The molecule has 49 heavy (non-hydrogen) atoms. The minimum Gasteiger partial charge on any atom is -0.208 e. The number of hydrogen-bond acceptors (Lipinski definition) is 3. The number of nitrogens with zero attached hydrogens (tertiary/aromatic N) is 3. The Bertz CT molecular complexity index is 2460. The summed E-state index contributed by atoms with van der Waals surface area (Å²) in [6, 6.07) is 57.9. The molecule has 1 aromatic heterocycles. The van der Waals surface area contributed by atoms with Gasteiger partial charge in [0.2, 0.25) is 0 Å². The highest BCUT2D eigenvalue weighted by molar-refractivity contribution is 6.02. The monoisotopic (exact) mass is 627 g/mol. The van der Waals surface area contributed by atoms with Crippen molar-refractivity contribution in [3.05, 3.63) is 175 Å². The van der Waals surface area contributed by atoms with Gasteiger partial charge >= 0.3 is 0 Å². The Labute approximate surface area is 286 Å². The van der Waals surface area contributed by atoms with Crippen LogP contribution in [0, 0.1) is 0 Å². The van der Waals surface area contributed by atoms with E-state index >= 15 is 0 Å². The second-order valence-electron chi connectivity index (χ2n) is 13.3. The molecular formula is C46H33N3. The van der Waals surface area contributed by atoms with Gasteiger partial charge in [0, 0.05) is 22.1 Å². The molecule has 3 nitrogen and oxygen atoms in total. The first kappa shape index (κ1) is 29.0. The molecular weight excluding hydrogens is 595 g/mol. The lowest BCUT2D eigenvalue weighted by atomic mass is 9.81. The first-order valence-electron chi connectivity index (χ1n) is 16.8. The van der Waals surface area contributed by atoms with Crippen molar-refractivity contribution >= 4 is 10.8 Å². The SMILES string of the molecule is CC1(C)c2ccccc2-c2cc3c(-c4cccc(-c5cccc(-c6nc(-c7ccccc7)nc(-c7ccccc7)n6)c5)c4)cccc3cc21. The summed E-state index contributed by atoms with van der Waals surface area (Å²) >= 11 is 0. The highest BCUT2D eigenvalue weighted by atomic mass is 15.0. The maximum atomic E-state index is 4.97. The third-order valence-corrected chi connectivity index (χ3v) is 9.91. The van der Waals surface area contributed by atoms with E-state index in [1.807, 2.05) is 60.7 Å². The molecule has 1 aliphatic rings. The van der Waals surface area contributed by atoms with E-state index in [1.54, 1.807) is 0 Å². The third kappa shape index (κ3) is 5.03. The Morgan fingerprint density at radius 2 is 0.837 bits per heavy atom. The highest BCUT2D eigenvalue weighted by Gasteiger charge is 2.35. The first-order chi connectivity index (χ1) is 24.0. The number of benzene rings is 7. The highest BCUT2D eigenvalue weighted by Crippen LogP contribution is 2.50. The van der Waals surface area contributed by atoms with Gasteiger partial charge in [0.05, 0.1) is 0 Å². The predicted molar refractivity (Wildman–Crippen MR) is 202 cm³/mol. The van der Waals surface area contributed by atoms with Crippen LogP contribution < -0.4 is 0 Å². The van der Waals surface area contributed by atoms with E-state index in [2.05, 4.69) is 117 Å². The number of rotatable bonds is 5. The van der Waals surface area contributed by atoms with Gasteiger partial charge in [-0.3, -0.25) is 0 Å². The molecule has 0 bridgehead atoms. The molecule has 0 N–H and O–H groups in total. The second-order valence-corrected chi connectivity index (χ2v) is 13.3. The van der Waals surface area contributed by atoms with Crippen molar-refractivity contribution in [3.8, 4) is 67.5 Å². The largest absolute Gasteiger partial charge is 0.208 e. The van der Waals surface area contributed by atoms with Crippen LogP contribution in [0.15, 0.2) is 164 Å². The predicted octanol–water partition coefficient (Wildman–Crippen LogP) is 11.7. The minimum absolute atomic E-state index is 0.0245. The second kappa shape index (κ2) is 11.5. The quantitative estimate of drug-likeness (QED) is 0.191. The lowest BCUT2D eigenvalue weighted by Gasteiger charge is -2.22. The number of fused-ring (bicyclic) bond motifs is 4. The van der Waals surface area contributed by atoms with Crippen molar-refractivity contribution in [1.29, 1.82) is 0 Å². The van der Waals surface area contributed by atoms with Crippen LogP contribution in [0.4, 0.5) is 0 Å². The molecule has 0 radical (unpaired) electrons. The van der Waals surface area contributed by atoms with Crippen molar-refractivity contribution in [2.24, 2.45) is 0 Å². The van der Waals surface area contributed by atoms with E-state index in [-0.39, 0.29) is 5.41 Å². The molecule has 7 aromatic carbocycles. The van der Waals surface area contributed by atoms with Crippen LogP contribution in [-0.2, 0) is 5.41 Å². The molecule has 0 aliphatic heterocycles. The maximum Gasteiger partial charge on any atom is 0.164 e. The zero-order valence-corrected chi connectivity index (χ0v) is 27.4. The average Bonchev–Trinajstić information content (AvgIpc) is 3.39. The summed E-state index contributed by atoms with van der Waals surface area (Å²) in [6.07, 6.45) is 0. The van der Waals surface area contributed by atoms with E-state index in [4.69, 9.17) is 15.0 Å². The van der Waals surface area contributed by atoms with Crippen LogP contribution in [0.25, 0.3) is 78.3 Å². The molecule has 232 valence electrons. The van der Waals surface area contributed by atoms with Gasteiger partial charge in [-0.15, -0.1) is 0 Å². The van der Waals surface area contributed by atoms with E-state index in [0.29, 0.717) is 17.5 Å². The smallest absolute Gasteiger partial charge is 0.164 e. The van der Waals surface area contributed by atoms with Crippen LogP contribution in [0.3, 0.4) is 0 Å². The van der Waals surface area contributed by atoms with Crippen molar-refractivity contribution < 1.29 is 0 Å². The minimum atomic E-state index is -0.0245. The normalized spacial score (nSPS) is 12.9. The molecule has 8 aromatic rings. The Morgan fingerprint density at radius 1 is 0.347 bits per heavy atom. The Morgan fingerprint density at radius 3 is 1.51 bits per heavy atom. The molecule has 1 heterocycles. The molecule has 0 fully saturated rings. The molecule has 3 heteroatoms. The average molecular weight is 628 g/mol. The van der Waals surface area contributed by atoms with E-state index < -0.39 is 0 Å². The molecule has 9 rings (SSSR count). The molecule has 0 spiro atoms. The maximum absolute atomic E-state index is 4.97. The van der Waals surface area contributed by atoms with E-state index in [1.165, 1.54) is 44.2 Å². The zero-order chi connectivity index (χ0) is 33.0. The number of aromatic nitrogens is 3. The summed E-state index contributed by atoms with van der Waals surface area (Å²) in [5, 5.41) is 2.54. The van der Waals surface area contributed by atoms with Gasteiger partial charge in [-0.25, -0.2) is 15.0 Å². The fourth-order valence-electron chi connectivity index (χ4n) is 7.37. The van der Waals surface area contributed by atoms with Gasteiger partial charge in [-0.05, 0) is 79.5 Å². The van der Waals surface area contributed by atoms with Gasteiger partial charge in [-0.2, -0.15) is 0 Å².